The molecule has 0 spiro atoms. The molecule has 0 fully saturated rings. The zero-order chi connectivity index (χ0) is 41.4. The van der Waals surface area contributed by atoms with Crippen molar-refractivity contribution in [2.45, 2.75) is 0 Å². The van der Waals surface area contributed by atoms with Crippen LogP contribution in [0.2, 0.25) is 0 Å². The summed E-state index contributed by atoms with van der Waals surface area (Å²) in [6.07, 6.45) is 0. The van der Waals surface area contributed by atoms with Crippen molar-refractivity contribution in [2.24, 2.45) is 0 Å². The third-order valence-corrected chi connectivity index (χ3v) is 12.4. The Kier molecular flexibility index (Phi) is 7.80. The maximum atomic E-state index is 6.50. The lowest BCUT2D eigenvalue weighted by molar-refractivity contribution is 0.669. The van der Waals surface area contributed by atoms with Gasteiger partial charge in [-0.05, 0) is 59.7 Å². The topological polar surface area (TPSA) is 61.7 Å². The van der Waals surface area contributed by atoms with Gasteiger partial charge in [-0.2, -0.15) is 0 Å². The number of para-hydroxylation sites is 4. The molecule has 0 saturated heterocycles. The van der Waals surface area contributed by atoms with E-state index in [9.17, 15) is 0 Å². The molecular formula is C57H35N5O. The molecule has 0 amide bonds. The molecule has 4 aromatic heterocycles. The normalized spacial score (nSPS) is 11.8. The van der Waals surface area contributed by atoms with Gasteiger partial charge in [0.1, 0.15) is 11.2 Å². The number of benzene rings is 9. The fourth-order valence-corrected chi connectivity index (χ4v) is 9.54. The van der Waals surface area contributed by atoms with E-state index in [2.05, 4.69) is 161 Å². The highest BCUT2D eigenvalue weighted by atomic mass is 16.3. The van der Waals surface area contributed by atoms with E-state index in [-0.39, 0.29) is 0 Å². The monoisotopic (exact) mass is 805 g/mol. The molecule has 63 heavy (non-hydrogen) atoms. The van der Waals surface area contributed by atoms with Crippen LogP contribution in [0, 0.1) is 0 Å². The minimum absolute atomic E-state index is 0.551. The maximum Gasteiger partial charge on any atom is 0.167 e. The predicted octanol–water partition coefficient (Wildman–Crippen LogP) is 14.6. The standard InChI is InChI=1S/C57H35N5O/c1-3-16-36(17-4-1)38-20-13-22-40(34-38)61-49-29-10-7-24-42(49)45-32-33-46-43-25-8-11-30-50(43)62(53(46)52(45)61)41-23-14-21-39(35-41)56-58-55(37-18-5-2-6-19-37)59-57(60-56)48-28-15-27-47-44-26-9-12-31-51(44)63-54(47)48/h1-35H. The molecule has 0 aliphatic rings. The Hall–Kier alpha value is -8.61. The van der Waals surface area contributed by atoms with Crippen LogP contribution in [0.15, 0.2) is 217 Å². The third kappa shape index (κ3) is 5.55. The Bertz CT molecular complexity index is 3920. The van der Waals surface area contributed by atoms with Gasteiger partial charge in [0.2, 0.25) is 0 Å². The van der Waals surface area contributed by atoms with Gasteiger partial charge in [-0.25, -0.2) is 15.0 Å². The van der Waals surface area contributed by atoms with Gasteiger partial charge in [-0.1, -0.05) is 164 Å². The van der Waals surface area contributed by atoms with E-state index in [0.717, 1.165) is 72.1 Å². The lowest BCUT2D eigenvalue weighted by Gasteiger charge is -2.14. The zero-order valence-electron chi connectivity index (χ0n) is 33.9. The summed E-state index contributed by atoms with van der Waals surface area (Å²) in [5.74, 6) is 1.72. The number of rotatable bonds is 6. The Balaban J connectivity index is 1.06. The molecule has 4 heterocycles. The molecule has 0 unspecified atom stereocenters. The van der Waals surface area contributed by atoms with Gasteiger partial charge >= 0.3 is 0 Å². The van der Waals surface area contributed by atoms with Crippen molar-refractivity contribution in [3.8, 4) is 56.7 Å². The molecule has 0 aliphatic heterocycles. The Morgan fingerprint density at radius 1 is 0.317 bits per heavy atom. The molecule has 6 nitrogen and oxygen atoms in total. The van der Waals surface area contributed by atoms with Gasteiger partial charge in [-0.3, -0.25) is 0 Å². The minimum Gasteiger partial charge on any atom is -0.455 e. The highest BCUT2D eigenvalue weighted by Gasteiger charge is 2.23. The van der Waals surface area contributed by atoms with Crippen LogP contribution in [0.4, 0.5) is 0 Å². The first-order valence-electron chi connectivity index (χ1n) is 21.2. The average molecular weight is 806 g/mol. The van der Waals surface area contributed by atoms with Crippen molar-refractivity contribution >= 4 is 65.6 Å². The maximum absolute atomic E-state index is 6.50. The zero-order valence-corrected chi connectivity index (χ0v) is 33.9. The first kappa shape index (κ1) is 35.2. The second-order valence-electron chi connectivity index (χ2n) is 16.0. The highest BCUT2D eigenvalue weighted by molar-refractivity contribution is 6.24. The van der Waals surface area contributed by atoms with Crippen molar-refractivity contribution in [2.75, 3.05) is 0 Å². The predicted molar refractivity (Wildman–Crippen MR) is 258 cm³/mol. The molecule has 0 radical (unpaired) electrons. The van der Waals surface area contributed by atoms with Gasteiger partial charge in [0.15, 0.2) is 17.5 Å². The van der Waals surface area contributed by atoms with E-state index >= 15 is 0 Å². The first-order chi connectivity index (χ1) is 31.2. The molecule has 0 aliphatic carbocycles. The van der Waals surface area contributed by atoms with Crippen LogP contribution in [0.5, 0.6) is 0 Å². The number of furan rings is 1. The van der Waals surface area contributed by atoms with Crippen molar-refractivity contribution < 1.29 is 4.42 Å². The first-order valence-corrected chi connectivity index (χ1v) is 21.2. The molecule has 6 heteroatoms. The second-order valence-corrected chi connectivity index (χ2v) is 16.0. The summed E-state index contributed by atoms with van der Waals surface area (Å²) in [6, 6.07) is 74.6. The van der Waals surface area contributed by atoms with Crippen molar-refractivity contribution in [1.29, 1.82) is 0 Å². The Morgan fingerprint density at radius 2 is 0.794 bits per heavy atom. The summed E-state index contributed by atoms with van der Waals surface area (Å²) >= 11 is 0. The minimum atomic E-state index is 0.551. The molecule has 13 rings (SSSR count). The van der Waals surface area contributed by atoms with Crippen LogP contribution >= 0.6 is 0 Å². The van der Waals surface area contributed by atoms with Gasteiger partial charge < -0.3 is 13.6 Å². The molecule has 0 saturated carbocycles. The Labute approximate surface area is 361 Å². The van der Waals surface area contributed by atoms with Crippen molar-refractivity contribution in [1.82, 2.24) is 24.1 Å². The molecular weight excluding hydrogens is 771 g/mol. The van der Waals surface area contributed by atoms with Crippen LogP contribution in [-0.2, 0) is 0 Å². The number of hydrogen-bond acceptors (Lipinski definition) is 4. The number of fused-ring (bicyclic) bond motifs is 10. The summed E-state index contributed by atoms with van der Waals surface area (Å²) < 4.78 is 11.4. The molecule has 294 valence electrons. The third-order valence-electron chi connectivity index (χ3n) is 12.4. The molecule has 13 aromatic rings. The van der Waals surface area contributed by atoms with E-state index in [0.29, 0.717) is 17.5 Å². The van der Waals surface area contributed by atoms with E-state index in [1.807, 2.05) is 60.7 Å². The van der Waals surface area contributed by atoms with E-state index < -0.39 is 0 Å². The fourth-order valence-electron chi connectivity index (χ4n) is 9.54. The van der Waals surface area contributed by atoms with Crippen molar-refractivity contribution in [3.63, 3.8) is 0 Å². The lowest BCUT2D eigenvalue weighted by Crippen LogP contribution is -2.02. The van der Waals surface area contributed by atoms with Crippen LogP contribution in [0.1, 0.15) is 0 Å². The lowest BCUT2D eigenvalue weighted by atomic mass is 10.1. The molecule has 9 aromatic carbocycles. The SMILES string of the molecule is c1ccc(-c2cccc(-n3c4ccccc4c4ccc5c6ccccc6n(-c6cccc(-c7nc(-c8ccccc8)nc(-c8cccc9c8oc8ccccc89)n7)c6)c5c43)c2)cc1. The van der Waals surface area contributed by atoms with Gasteiger partial charge in [-0.15, -0.1) is 0 Å². The van der Waals surface area contributed by atoms with Crippen molar-refractivity contribution in [3.05, 3.63) is 212 Å². The van der Waals surface area contributed by atoms with Gasteiger partial charge in [0.25, 0.3) is 0 Å². The number of aromatic nitrogens is 5. The quantitative estimate of drug-likeness (QED) is 0.168. The van der Waals surface area contributed by atoms with E-state index in [1.165, 1.54) is 32.7 Å². The average Bonchev–Trinajstić information content (AvgIpc) is 4.02. The summed E-state index contributed by atoms with van der Waals surface area (Å²) in [4.78, 5) is 15.5. The fraction of sp³-hybridized carbons (Fsp3) is 0. The highest BCUT2D eigenvalue weighted by Crippen LogP contribution is 2.43. The van der Waals surface area contributed by atoms with Crippen LogP contribution < -0.4 is 0 Å². The van der Waals surface area contributed by atoms with Gasteiger partial charge in [0.05, 0.1) is 27.6 Å². The summed E-state index contributed by atoms with van der Waals surface area (Å²) in [7, 11) is 0. The van der Waals surface area contributed by atoms with E-state index in [4.69, 9.17) is 19.4 Å². The summed E-state index contributed by atoms with van der Waals surface area (Å²) in [5.41, 5.74) is 13.2. The largest absolute Gasteiger partial charge is 0.455 e. The smallest absolute Gasteiger partial charge is 0.167 e. The van der Waals surface area contributed by atoms with Crippen LogP contribution in [-0.4, -0.2) is 24.1 Å². The van der Waals surface area contributed by atoms with E-state index in [1.54, 1.807) is 0 Å². The number of hydrogen-bond donors (Lipinski definition) is 0. The van der Waals surface area contributed by atoms with Gasteiger partial charge in [0, 0.05) is 54.8 Å². The number of nitrogens with zero attached hydrogens (tertiary/aromatic N) is 5. The second kappa shape index (κ2) is 14.0. The summed E-state index contributed by atoms with van der Waals surface area (Å²) in [6.45, 7) is 0. The molecule has 0 atom stereocenters. The summed E-state index contributed by atoms with van der Waals surface area (Å²) in [5, 5.41) is 6.84. The molecule has 0 bridgehead atoms. The Morgan fingerprint density at radius 3 is 1.46 bits per heavy atom. The molecule has 0 N–H and O–H groups in total. The van der Waals surface area contributed by atoms with Crippen LogP contribution in [0.25, 0.3) is 122 Å². The van der Waals surface area contributed by atoms with Crippen LogP contribution in [0.3, 0.4) is 0 Å².